The predicted molar refractivity (Wildman–Crippen MR) is 52.5 cm³/mol. The molecule has 0 atom stereocenters. The number of hydrogen-bond donors (Lipinski definition) is 2. The Morgan fingerprint density at radius 2 is 2.00 bits per heavy atom. The van der Waals surface area contributed by atoms with Gasteiger partial charge in [-0.25, -0.2) is 0 Å². The molecule has 0 amide bonds. The molecule has 0 aromatic heterocycles. The van der Waals surface area contributed by atoms with Crippen LogP contribution in [0.25, 0.3) is 6.08 Å². The maximum absolute atomic E-state index is 5.31. The van der Waals surface area contributed by atoms with Crippen molar-refractivity contribution in [1.82, 2.24) is 5.32 Å². The van der Waals surface area contributed by atoms with Crippen LogP contribution in [0, 0.1) is 0 Å². The maximum Gasteiger partial charge on any atom is 0.0264 e. The Bertz CT molecular complexity index is 229. The highest BCUT2D eigenvalue weighted by Gasteiger charge is 1.80. The Morgan fingerprint density at radius 3 is 2.67 bits per heavy atom. The van der Waals surface area contributed by atoms with Gasteiger partial charge in [-0.05, 0) is 17.8 Å². The van der Waals surface area contributed by atoms with Crippen LogP contribution in [0.3, 0.4) is 0 Å². The fraction of sp³-hybridized carbons (Fsp3) is 0.200. The fourth-order valence-corrected chi connectivity index (χ4v) is 0.886. The maximum atomic E-state index is 5.31. The van der Waals surface area contributed by atoms with Crippen LogP contribution in [0.15, 0.2) is 36.5 Å². The van der Waals surface area contributed by atoms with Crippen LogP contribution in [-0.4, -0.2) is 13.1 Å². The number of hydrogen-bond acceptors (Lipinski definition) is 2. The standard InChI is InChI=1S/C10H14N2/c11-7-9-12-8-6-10-4-2-1-3-5-10/h1-6,8,12H,7,9,11H2. The Labute approximate surface area is 73.1 Å². The highest BCUT2D eigenvalue weighted by Crippen LogP contribution is 1.99. The second-order valence-electron chi connectivity index (χ2n) is 2.49. The molecule has 0 bridgehead atoms. The Morgan fingerprint density at radius 1 is 1.25 bits per heavy atom. The van der Waals surface area contributed by atoms with Gasteiger partial charge in [0.05, 0.1) is 0 Å². The summed E-state index contributed by atoms with van der Waals surface area (Å²) >= 11 is 0. The molecule has 0 saturated carbocycles. The Kier molecular flexibility index (Phi) is 3.95. The summed E-state index contributed by atoms with van der Waals surface area (Å²) in [7, 11) is 0. The van der Waals surface area contributed by atoms with Crippen LogP contribution in [-0.2, 0) is 0 Å². The first-order valence-corrected chi connectivity index (χ1v) is 4.08. The van der Waals surface area contributed by atoms with E-state index in [1.54, 1.807) is 0 Å². The summed E-state index contributed by atoms with van der Waals surface area (Å²) in [5, 5.41) is 3.08. The summed E-state index contributed by atoms with van der Waals surface area (Å²) in [5.41, 5.74) is 6.51. The molecule has 0 aliphatic heterocycles. The molecule has 0 saturated heterocycles. The minimum atomic E-state index is 0.666. The van der Waals surface area contributed by atoms with Crippen molar-refractivity contribution in [2.24, 2.45) is 5.73 Å². The molecule has 0 spiro atoms. The molecule has 0 aliphatic carbocycles. The zero-order valence-corrected chi connectivity index (χ0v) is 7.03. The van der Waals surface area contributed by atoms with Crippen molar-refractivity contribution in [2.45, 2.75) is 0 Å². The van der Waals surface area contributed by atoms with Crippen LogP contribution >= 0.6 is 0 Å². The zero-order chi connectivity index (χ0) is 8.65. The molecule has 64 valence electrons. The van der Waals surface area contributed by atoms with Gasteiger partial charge in [0, 0.05) is 13.1 Å². The van der Waals surface area contributed by atoms with Crippen molar-refractivity contribution >= 4 is 6.08 Å². The molecular weight excluding hydrogens is 148 g/mol. The van der Waals surface area contributed by atoms with Gasteiger partial charge in [-0.2, -0.15) is 0 Å². The van der Waals surface area contributed by atoms with Crippen molar-refractivity contribution in [3.05, 3.63) is 42.1 Å². The highest BCUT2D eigenvalue weighted by molar-refractivity contribution is 5.48. The average molecular weight is 162 g/mol. The van der Waals surface area contributed by atoms with E-state index < -0.39 is 0 Å². The van der Waals surface area contributed by atoms with Gasteiger partial charge in [0.25, 0.3) is 0 Å². The monoisotopic (exact) mass is 162 g/mol. The molecule has 1 rings (SSSR count). The lowest BCUT2D eigenvalue weighted by Gasteiger charge is -1.95. The summed E-state index contributed by atoms with van der Waals surface area (Å²) < 4.78 is 0. The fourth-order valence-electron chi connectivity index (χ4n) is 0.886. The molecule has 0 fully saturated rings. The van der Waals surface area contributed by atoms with Gasteiger partial charge in [-0.1, -0.05) is 30.3 Å². The summed E-state index contributed by atoms with van der Waals surface area (Å²) in [6.45, 7) is 1.49. The van der Waals surface area contributed by atoms with Crippen molar-refractivity contribution in [3.8, 4) is 0 Å². The van der Waals surface area contributed by atoms with E-state index in [1.807, 2.05) is 30.5 Å². The summed E-state index contributed by atoms with van der Waals surface area (Å²) in [6.07, 6.45) is 3.94. The third-order valence-corrected chi connectivity index (χ3v) is 1.48. The molecule has 1 aromatic rings. The van der Waals surface area contributed by atoms with Crippen molar-refractivity contribution in [2.75, 3.05) is 13.1 Å². The number of nitrogens with two attached hydrogens (primary N) is 1. The number of rotatable bonds is 4. The van der Waals surface area contributed by atoms with Gasteiger partial charge in [-0.15, -0.1) is 0 Å². The van der Waals surface area contributed by atoms with Crippen LogP contribution < -0.4 is 11.1 Å². The first kappa shape index (κ1) is 8.81. The van der Waals surface area contributed by atoms with E-state index in [2.05, 4.69) is 17.4 Å². The number of benzene rings is 1. The predicted octanol–water partition coefficient (Wildman–Crippen LogP) is 1.21. The quantitative estimate of drug-likeness (QED) is 0.653. The van der Waals surface area contributed by atoms with Gasteiger partial charge >= 0.3 is 0 Å². The second-order valence-corrected chi connectivity index (χ2v) is 2.49. The normalized spacial score (nSPS) is 10.4. The third-order valence-electron chi connectivity index (χ3n) is 1.48. The molecular formula is C10H14N2. The van der Waals surface area contributed by atoms with Crippen molar-refractivity contribution < 1.29 is 0 Å². The average Bonchev–Trinajstić information content (AvgIpc) is 2.14. The van der Waals surface area contributed by atoms with Crippen molar-refractivity contribution in [1.29, 1.82) is 0 Å². The smallest absolute Gasteiger partial charge is 0.0264 e. The molecule has 2 heteroatoms. The van der Waals surface area contributed by atoms with Gasteiger partial charge in [-0.3, -0.25) is 0 Å². The molecule has 3 N–H and O–H groups in total. The van der Waals surface area contributed by atoms with E-state index in [0.717, 1.165) is 6.54 Å². The van der Waals surface area contributed by atoms with E-state index in [1.165, 1.54) is 5.56 Å². The van der Waals surface area contributed by atoms with E-state index in [0.29, 0.717) is 6.54 Å². The molecule has 2 nitrogen and oxygen atoms in total. The van der Waals surface area contributed by atoms with E-state index >= 15 is 0 Å². The summed E-state index contributed by atoms with van der Waals surface area (Å²) in [4.78, 5) is 0. The molecule has 0 radical (unpaired) electrons. The van der Waals surface area contributed by atoms with Crippen LogP contribution in [0.5, 0.6) is 0 Å². The van der Waals surface area contributed by atoms with E-state index in [4.69, 9.17) is 5.73 Å². The van der Waals surface area contributed by atoms with Gasteiger partial charge in [0.1, 0.15) is 0 Å². The lowest BCUT2D eigenvalue weighted by Crippen LogP contribution is -2.16. The first-order chi connectivity index (χ1) is 5.93. The minimum Gasteiger partial charge on any atom is -0.390 e. The van der Waals surface area contributed by atoms with E-state index in [9.17, 15) is 0 Å². The second kappa shape index (κ2) is 5.38. The third kappa shape index (κ3) is 3.21. The van der Waals surface area contributed by atoms with Crippen LogP contribution in [0.4, 0.5) is 0 Å². The lowest BCUT2D eigenvalue weighted by molar-refractivity contribution is 0.845. The van der Waals surface area contributed by atoms with Gasteiger partial charge in [0.2, 0.25) is 0 Å². The first-order valence-electron chi connectivity index (χ1n) is 4.08. The summed E-state index contributed by atoms with van der Waals surface area (Å²) in [6, 6.07) is 10.1. The van der Waals surface area contributed by atoms with E-state index in [-0.39, 0.29) is 0 Å². The van der Waals surface area contributed by atoms with Crippen LogP contribution in [0.2, 0.25) is 0 Å². The topological polar surface area (TPSA) is 38.0 Å². The SMILES string of the molecule is NCCNC=Cc1ccccc1. The van der Waals surface area contributed by atoms with Gasteiger partial charge < -0.3 is 11.1 Å². The number of nitrogens with one attached hydrogen (secondary N) is 1. The minimum absolute atomic E-state index is 0.666. The molecule has 0 unspecified atom stereocenters. The molecule has 12 heavy (non-hydrogen) atoms. The Hall–Kier alpha value is -1.28. The zero-order valence-electron chi connectivity index (χ0n) is 7.03. The molecule has 1 aromatic carbocycles. The molecule has 0 aliphatic rings. The van der Waals surface area contributed by atoms with Crippen molar-refractivity contribution in [3.63, 3.8) is 0 Å². The largest absolute Gasteiger partial charge is 0.390 e. The Balaban J connectivity index is 2.36. The highest BCUT2D eigenvalue weighted by atomic mass is 14.8. The lowest BCUT2D eigenvalue weighted by atomic mass is 10.2. The van der Waals surface area contributed by atoms with Gasteiger partial charge in [0.15, 0.2) is 0 Å². The van der Waals surface area contributed by atoms with Crippen LogP contribution in [0.1, 0.15) is 5.56 Å². The molecule has 0 heterocycles. The summed E-state index contributed by atoms with van der Waals surface area (Å²) in [5.74, 6) is 0.